The minimum atomic E-state index is 0.282. The van der Waals surface area contributed by atoms with Crippen molar-refractivity contribution in [3.8, 4) is 0 Å². The summed E-state index contributed by atoms with van der Waals surface area (Å²) in [5.74, 6) is 0. The first-order valence-electron chi connectivity index (χ1n) is 9.68. The van der Waals surface area contributed by atoms with Crippen molar-refractivity contribution in [2.24, 2.45) is 5.10 Å². The highest BCUT2D eigenvalue weighted by molar-refractivity contribution is 6.30. The van der Waals surface area contributed by atoms with E-state index in [2.05, 4.69) is 75.7 Å². The van der Waals surface area contributed by atoms with Crippen molar-refractivity contribution in [2.45, 2.75) is 6.04 Å². The molecule has 1 fully saturated rings. The molecule has 0 unspecified atom stereocenters. The Labute approximate surface area is 171 Å². The standard InChI is InChI=1S/C24H24ClN3/c25-23-13-11-20(12-14-23)19-26-28-17-15-27(16-18-28)24(21-7-3-1-4-8-21)22-9-5-2-6-10-22/h1-14,19,24H,15-18H2/b26-19+. The Hall–Kier alpha value is -2.62. The molecule has 3 aromatic carbocycles. The van der Waals surface area contributed by atoms with Crippen LogP contribution in [-0.2, 0) is 0 Å². The van der Waals surface area contributed by atoms with Gasteiger partial charge in [0.2, 0.25) is 0 Å². The van der Waals surface area contributed by atoms with Gasteiger partial charge in [0.15, 0.2) is 0 Å². The maximum Gasteiger partial charge on any atom is 0.0603 e. The number of benzene rings is 3. The predicted molar refractivity (Wildman–Crippen MR) is 117 cm³/mol. The number of halogens is 1. The number of hydrazone groups is 1. The molecule has 0 amide bonds. The van der Waals surface area contributed by atoms with Crippen LogP contribution < -0.4 is 0 Å². The number of rotatable bonds is 5. The molecule has 0 aromatic heterocycles. The summed E-state index contributed by atoms with van der Waals surface area (Å²) < 4.78 is 0. The molecule has 0 radical (unpaired) electrons. The average Bonchev–Trinajstić information content (AvgIpc) is 2.76. The molecule has 1 heterocycles. The number of hydrogen-bond donors (Lipinski definition) is 0. The SMILES string of the molecule is Clc1ccc(/C=N/N2CCN(C(c3ccccc3)c3ccccc3)CC2)cc1. The molecule has 0 bridgehead atoms. The van der Waals surface area contributed by atoms with Gasteiger partial charge in [0, 0.05) is 31.2 Å². The summed E-state index contributed by atoms with van der Waals surface area (Å²) in [4.78, 5) is 2.55. The summed E-state index contributed by atoms with van der Waals surface area (Å²) in [6.45, 7) is 3.79. The van der Waals surface area contributed by atoms with Crippen LogP contribution in [0.4, 0.5) is 0 Å². The summed E-state index contributed by atoms with van der Waals surface area (Å²) in [5.41, 5.74) is 3.75. The molecule has 0 saturated carbocycles. The van der Waals surface area contributed by atoms with Gasteiger partial charge in [-0.15, -0.1) is 0 Å². The Morgan fingerprint density at radius 1 is 0.714 bits per heavy atom. The van der Waals surface area contributed by atoms with E-state index in [0.29, 0.717) is 0 Å². The highest BCUT2D eigenvalue weighted by atomic mass is 35.5. The summed E-state index contributed by atoms with van der Waals surface area (Å²) in [7, 11) is 0. The largest absolute Gasteiger partial charge is 0.294 e. The number of hydrogen-bond acceptors (Lipinski definition) is 3. The first kappa shape index (κ1) is 18.7. The zero-order valence-corrected chi connectivity index (χ0v) is 16.5. The van der Waals surface area contributed by atoms with Gasteiger partial charge in [0.1, 0.15) is 0 Å². The molecule has 0 N–H and O–H groups in total. The summed E-state index contributed by atoms with van der Waals surface area (Å²) >= 11 is 5.95. The monoisotopic (exact) mass is 389 g/mol. The van der Waals surface area contributed by atoms with E-state index in [0.717, 1.165) is 36.8 Å². The minimum absolute atomic E-state index is 0.282. The van der Waals surface area contributed by atoms with Crippen LogP contribution in [0.3, 0.4) is 0 Å². The Kier molecular flexibility index (Phi) is 6.05. The Bertz CT molecular complexity index is 847. The van der Waals surface area contributed by atoms with Gasteiger partial charge in [-0.25, -0.2) is 0 Å². The Balaban J connectivity index is 1.45. The molecule has 4 rings (SSSR count). The van der Waals surface area contributed by atoms with Crippen molar-refractivity contribution in [2.75, 3.05) is 26.2 Å². The third kappa shape index (κ3) is 4.61. The zero-order chi connectivity index (χ0) is 19.2. The molecule has 3 nitrogen and oxygen atoms in total. The second-order valence-corrected chi connectivity index (χ2v) is 7.45. The summed E-state index contributed by atoms with van der Waals surface area (Å²) in [6, 6.07) is 29.6. The van der Waals surface area contributed by atoms with Gasteiger partial charge in [-0.05, 0) is 28.8 Å². The smallest absolute Gasteiger partial charge is 0.0603 e. The number of piperazine rings is 1. The van der Waals surface area contributed by atoms with Gasteiger partial charge in [-0.3, -0.25) is 9.91 Å². The Morgan fingerprint density at radius 3 is 1.79 bits per heavy atom. The third-order valence-electron chi connectivity index (χ3n) is 5.13. The fourth-order valence-corrected chi connectivity index (χ4v) is 3.79. The number of nitrogens with zero attached hydrogens (tertiary/aromatic N) is 3. The molecule has 4 heteroatoms. The first-order valence-corrected chi connectivity index (χ1v) is 10.1. The van der Waals surface area contributed by atoms with Gasteiger partial charge in [-0.1, -0.05) is 84.4 Å². The predicted octanol–water partition coefficient (Wildman–Crippen LogP) is 5.08. The maximum atomic E-state index is 5.95. The van der Waals surface area contributed by atoms with Crippen molar-refractivity contribution in [1.29, 1.82) is 0 Å². The highest BCUT2D eigenvalue weighted by Crippen LogP contribution is 2.29. The maximum absolute atomic E-state index is 5.95. The van der Waals surface area contributed by atoms with Gasteiger partial charge < -0.3 is 0 Å². The van der Waals surface area contributed by atoms with Crippen LogP contribution in [0.2, 0.25) is 5.02 Å². The van der Waals surface area contributed by atoms with E-state index in [4.69, 9.17) is 11.6 Å². The lowest BCUT2D eigenvalue weighted by molar-refractivity contribution is 0.113. The topological polar surface area (TPSA) is 18.8 Å². The van der Waals surface area contributed by atoms with Crippen LogP contribution in [-0.4, -0.2) is 42.3 Å². The van der Waals surface area contributed by atoms with Crippen LogP contribution in [0.15, 0.2) is 90.0 Å². The van der Waals surface area contributed by atoms with Crippen LogP contribution in [0.1, 0.15) is 22.7 Å². The molecule has 28 heavy (non-hydrogen) atoms. The van der Waals surface area contributed by atoms with E-state index in [1.807, 2.05) is 30.5 Å². The second-order valence-electron chi connectivity index (χ2n) is 7.01. The lowest BCUT2D eigenvalue weighted by atomic mass is 9.96. The summed E-state index contributed by atoms with van der Waals surface area (Å²) in [5, 5.41) is 7.56. The second kappa shape index (κ2) is 9.05. The molecule has 0 aliphatic carbocycles. The van der Waals surface area contributed by atoms with E-state index < -0.39 is 0 Å². The van der Waals surface area contributed by atoms with Crippen molar-refractivity contribution >= 4 is 17.8 Å². The van der Waals surface area contributed by atoms with E-state index in [1.54, 1.807) is 0 Å². The molecular weight excluding hydrogens is 366 g/mol. The Morgan fingerprint density at radius 2 is 1.25 bits per heavy atom. The van der Waals surface area contributed by atoms with E-state index in [-0.39, 0.29) is 6.04 Å². The minimum Gasteiger partial charge on any atom is -0.294 e. The fraction of sp³-hybridized carbons (Fsp3) is 0.208. The molecule has 1 saturated heterocycles. The summed E-state index contributed by atoms with van der Waals surface area (Å²) in [6.07, 6.45) is 1.91. The lowest BCUT2D eigenvalue weighted by Gasteiger charge is -2.38. The van der Waals surface area contributed by atoms with E-state index >= 15 is 0 Å². The van der Waals surface area contributed by atoms with Crippen molar-refractivity contribution in [3.63, 3.8) is 0 Å². The van der Waals surface area contributed by atoms with Crippen LogP contribution in [0.5, 0.6) is 0 Å². The molecule has 0 spiro atoms. The van der Waals surface area contributed by atoms with E-state index in [9.17, 15) is 0 Å². The molecule has 3 aromatic rings. The van der Waals surface area contributed by atoms with Gasteiger partial charge in [0.25, 0.3) is 0 Å². The van der Waals surface area contributed by atoms with Crippen LogP contribution in [0, 0.1) is 0 Å². The van der Waals surface area contributed by atoms with Crippen LogP contribution in [0.25, 0.3) is 0 Å². The highest BCUT2D eigenvalue weighted by Gasteiger charge is 2.25. The molecular formula is C24H24ClN3. The first-order chi connectivity index (χ1) is 13.8. The molecule has 0 atom stereocenters. The quantitative estimate of drug-likeness (QED) is 0.566. The van der Waals surface area contributed by atoms with E-state index in [1.165, 1.54) is 11.1 Å². The van der Waals surface area contributed by atoms with Gasteiger partial charge >= 0.3 is 0 Å². The van der Waals surface area contributed by atoms with Crippen LogP contribution >= 0.6 is 11.6 Å². The fourth-order valence-electron chi connectivity index (χ4n) is 3.67. The lowest BCUT2D eigenvalue weighted by Crippen LogP contribution is -2.45. The van der Waals surface area contributed by atoms with Crippen molar-refractivity contribution in [3.05, 3.63) is 107 Å². The molecule has 1 aliphatic heterocycles. The van der Waals surface area contributed by atoms with Crippen molar-refractivity contribution < 1.29 is 0 Å². The van der Waals surface area contributed by atoms with Gasteiger partial charge in [-0.2, -0.15) is 5.10 Å². The zero-order valence-electron chi connectivity index (χ0n) is 15.8. The molecule has 1 aliphatic rings. The normalized spacial score (nSPS) is 15.4. The average molecular weight is 390 g/mol. The van der Waals surface area contributed by atoms with Crippen molar-refractivity contribution in [1.82, 2.24) is 9.91 Å². The molecule has 142 valence electrons. The third-order valence-corrected chi connectivity index (χ3v) is 5.38. The van der Waals surface area contributed by atoms with Gasteiger partial charge in [0.05, 0.1) is 12.3 Å².